The highest BCUT2D eigenvalue weighted by molar-refractivity contribution is 5.76. The lowest BCUT2D eigenvalue weighted by molar-refractivity contribution is -0.141. The van der Waals surface area contributed by atoms with E-state index in [0.717, 1.165) is 0 Å². The molecular formula is C10H20N2O3. The Hall–Kier alpha value is -1.10. The second-order valence-electron chi connectivity index (χ2n) is 3.92. The Morgan fingerprint density at radius 3 is 2.47 bits per heavy atom. The molecule has 5 nitrogen and oxygen atoms in total. The van der Waals surface area contributed by atoms with E-state index in [4.69, 9.17) is 10.8 Å². The molecule has 0 aromatic heterocycles. The molecule has 0 saturated heterocycles. The van der Waals surface area contributed by atoms with E-state index >= 15 is 0 Å². The predicted molar refractivity (Wildman–Crippen MR) is 57.3 cm³/mol. The molecule has 0 aliphatic heterocycles. The summed E-state index contributed by atoms with van der Waals surface area (Å²) in [6.45, 7) is 4.42. The van der Waals surface area contributed by atoms with Crippen LogP contribution >= 0.6 is 0 Å². The highest BCUT2D eigenvalue weighted by Gasteiger charge is 2.11. The van der Waals surface area contributed by atoms with Crippen LogP contribution in [0.5, 0.6) is 0 Å². The van der Waals surface area contributed by atoms with Crippen LogP contribution in [0.3, 0.4) is 0 Å². The van der Waals surface area contributed by atoms with Crippen LogP contribution in [0.4, 0.5) is 0 Å². The molecule has 0 rings (SSSR count). The number of nitrogens with one attached hydrogen (secondary N) is 1. The molecule has 1 amide bonds. The number of hydrogen-bond donors (Lipinski definition) is 3. The third-order valence-corrected chi connectivity index (χ3v) is 2.26. The number of carboxylic acids is 1. The van der Waals surface area contributed by atoms with E-state index in [9.17, 15) is 9.59 Å². The van der Waals surface area contributed by atoms with E-state index in [1.54, 1.807) is 6.92 Å². The van der Waals surface area contributed by atoms with E-state index in [1.807, 2.05) is 6.92 Å². The van der Waals surface area contributed by atoms with Crippen molar-refractivity contribution in [1.82, 2.24) is 5.32 Å². The van der Waals surface area contributed by atoms with Crippen LogP contribution in [0.2, 0.25) is 0 Å². The van der Waals surface area contributed by atoms with Crippen molar-refractivity contribution in [2.24, 2.45) is 17.6 Å². The fourth-order valence-electron chi connectivity index (χ4n) is 1.02. The minimum atomic E-state index is -0.834. The van der Waals surface area contributed by atoms with Gasteiger partial charge in [-0.3, -0.25) is 9.59 Å². The second kappa shape index (κ2) is 7.23. The van der Waals surface area contributed by atoms with Crippen LogP contribution in [0.1, 0.15) is 26.7 Å². The molecule has 0 aliphatic carbocycles. The molecule has 88 valence electrons. The van der Waals surface area contributed by atoms with Crippen LogP contribution in [-0.4, -0.2) is 30.1 Å². The highest BCUT2D eigenvalue weighted by Crippen LogP contribution is 2.01. The summed E-state index contributed by atoms with van der Waals surface area (Å²) >= 11 is 0. The maximum atomic E-state index is 11.2. The van der Waals surface area contributed by atoms with E-state index in [-0.39, 0.29) is 11.8 Å². The van der Waals surface area contributed by atoms with E-state index in [1.165, 1.54) is 0 Å². The normalized spacial score (nSPS) is 14.3. The van der Waals surface area contributed by atoms with Gasteiger partial charge in [0.05, 0.1) is 5.92 Å². The Labute approximate surface area is 90.0 Å². The summed E-state index contributed by atoms with van der Waals surface area (Å²) in [5.41, 5.74) is 5.38. The SMILES string of the molecule is CC(CN)CC(=O)NCCC(C)C(=O)O. The van der Waals surface area contributed by atoms with Gasteiger partial charge in [-0.15, -0.1) is 0 Å². The van der Waals surface area contributed by atoms with E-state index < -0.39 is 11.9 Å². The van der Waals surface area contributed by atoms with Crippen molar-refractivity contribution in [3.05, 3.63) is 0 Å². The van der Waals surface area contributed by atoms with Gasteiger partial charge in [-0.05, 0) is 18.9 Å². The van der Waals surface area contributed by atoms with Gasteiger partial charge in [0.2, 0.25) is 5.91 Å². The number of hydrogen-bond acceptors (Lipinski definition) is 3. The van der Waals surface area contributed by atoms with Crippen LogP contribution in [0.25, 0.3) is 0 Å². The lowest BCUT2D eigenvalue weighted by Gasteiger charge is -2.10. The number of carbonyl (C=O) groups is 2. The zero-order chi connectivity index (χ0) is 11.8. The minimum absolute atomic E-state index is 0.0643. The van der Waals surface area contributed by atoms with Gasteiger partial charge < -0.3 is 16.2 Å². The standard InChI is InChI=1S/C10H20N2O3/c1-7(6-11)5-9(13)12-4-3-8(2)10(14)15/h7-8H,3-6,11H2,1-2H3,(H,12,13)(H,14,15). The minimum Gasteiger partial charge on any atom is -0.481 e. The van der Waals surface area contributed by atoms with Crippen LogP contribution in [0, 0.1) is 11.8 Å². The van der Waals surface area contributed by atoms with Crippen molar-refractivity contribution in [2.75, 3.05) is 13.1 Å². The molecule has 2 atom stereocenters. The number of amides is 1. The average Bonchev–Trinajstić information content (AvgIpc) is 2.17. The summed E-state index contributed by atoms with van der Waals surface area (Å²) in [6, 6.07) is 0. The maximum absolute atomic E-state index is 11.2. The second-order valence-corrected chi connectivity index (χ2v) is 3.92. The topological polar surface area (TPSA) is 92.4 Å². The molecule has 0 radical (unpaired) electrons. The average molecular weight is 216 g/mol. The van der Waals surface area contributed by atoms with Crippen LogP contribution in [0.15, 0.2) is 0 Å². The van der Waals surface area contributed by atoms with Crippen molar-refractivity contribution < 1.29 is 14.7 Å². The molecule has 0 aliphatic rings. The third kappa shape index (κ3) is 6.90. The van der Waals surface area contributed by atoms with Crippen molar-refractivity contribution >= 4 is 11.9 Å². The van der Waals surface area contributed by atoms with Gasteiger partial charge in [0, 0.05) is 13.0 Å². The highest BCUT2D eigenvalue weighted by atomic mass is 16.4. The molecule has 15 heavy (non-hydrogen) atoms. The summed E-state index contributed by atoms with van der Waals surface area (Å²) in [5.74, 6) is -1.15. The Kier molecular flexibility index (Phi) is 6.70. The first-order valence-corrected chi connectivity index (χ1v) is 5.17. The largest absolute Gasteiger partial charge is 0.481 e. The van der Waals surface area contributed by atoms with Gasteiger partial charge in [0.15, 0.2) is 0 Å². The number of carbonyl (C=O) groups excluding carboxylic acids is 1. The number of nitrogens with two attached hydrogens (primary N) is 1. The van der Waals surface area contributed by atoms with Crippen molar-refractivity contribution in [3.8, 4) is 0 Å². The van der Waals surface area contributed by atoms with Gasteiger partial charge in [-0.2, -0.15) is 0 Å². The van der Waals surface area contributed by atoms with E-state index in [0.29, 0.717) is 25.9 Å². The molecular weight excluding hydrogens is 196 g/mol. The monoisotopic (exact) mass is 216 g/mol. The number of aliphatic carboxylic acids is 1. The van der Waals surface area contributed by atoms with Crippen LogP contribution < -0.4 is 11.1 Å². The van der Waals surface area contributed by atoms with Crippen molar-refractivity contribution in [3.63, 3.8) is 0 Å². The molecule has 0 aromatic carbocycles. The smallest absolute Gasteiger partial charge is 0.306 e. The first-order valence-electron chi connectivity index (χ1n) is 5.17. The Morgan fingerprint density at radius 1 is 1.40 bits per heavy atom. The maximum Gasteiger partial charge on any atom is 0.306 e. The molecule has 0 spiro atoms. The number of rotatable bonds is 7. The summed E-state index contributed by atoms with van der Waals surface area (Å²) in [6.07, 6.45) is 0.857. The zero-order valence-corrected chi connectivity index (χ0v) is 9.32. The van der Waals surface area contributed by atoms with Crippen molar-refractivity contribution in [1.29, 1.82) is 0 Å². The number of carboxylic acid groups (broad SMARTS) is 1. The molecule has 0 heterocycles. The summed E-state index contributed by atoms with van der Waals surface area (Å²) in [7, 11) is 0. The van der Waals surface area contributed by atoms with Gasteiger partial charge in [-0.25, -0.2) is 0 Å². The van der Waals surface area contributed by atoms with E-state index in [2.05, 4.69) is 5.32 Å². The van der Waals surface area contributed by atoms with Gasteiger partial charge in [-0.1, -0.05) is 13.8 Å². The molecule has 0 fully saturated rings. The fraction of sp³-hybridized carbons (Fsp3) is 0.800. The Balaban J connectivity index is 3.59. The molecule has 0 bridgehead atoms. The Bertz CT molecular complexity index is 219. The summed E-state index contributed by atoms with van der Waals surface area (Å²) in [4.78, 5) is 21.7. The fourth-order valence-corrected chi connectivity index (χ4v) is 1.02. The molecule has 2 unspecified atom stereocenters. The first-order chi connectivity index (χ1) is 6.97. The molecule has 0 aromatic rings. The van der Waals surface area contributed by atoms with Crippen LogP contribution in [-0.2, 0) is 9.59 Å². The quantitative estimate of drug-likeness (QED) is 0.566. The van der Waals surface area contributed by atoms with Gasteiger partial charge >= 0.3 is 5.97 Å². The lowest BCUT2D eigenvalue weighted by Crippen LogP contribution is -2.29. The molecule has 4 N–H and O–H groups in total. The lowest BCUT2D eigenvalue weighted by atomic mass is 10.1. The van der Waals surface area contributed by atoms with Crippen molar-refractivity contribution in [2.45, 2.75) is 26.7 Å². The Morgan fingerprint density at radius 2 is 2.00 bits per heavy atom. The van der Waals surface area contributed by atoms with Gasteiger partial charge in [0.25, 0.3) is 0 Å². The summed E-state index contributed by atoms with van der Waals surface area (Å²) < 4.78 is 0. The molecule has 0 saturated carbocycles. The summed E-state index contributed by atoms with van der Waals surface area (Å²) in [5, 5.41) is 11.3. The third-order valence-electron chi connectivity index (χ3n) is 2.26. The molecule has 5 heteroatoms. The predicted octanol–water partition coefficient (Wildman–Crippen LogP) is 0.198. The van der Waals surface area contributed by atoms with Gasteiger partial charge in [0.1, 0.15) is 0 Å². The zero-order valence-electron chi connectivity index (χ0n) is 9.32. The first kappa shape index (κ1) is 13.9.